The highest BCUT2D eigenvalue weighted by Gasteiger charge is 2.31. The van der Waals surface area contributed by atoms with E-state index in [1.165, 1.54) is 24.3 Å². The van der Waals surface area contributed by atoms with Gasteiger partial charge in [0, 0.05) is 24.6 Å². The average Bonchev–Trinajstić information content (AvgIpc) is 2.65. The van der Waals surface area contributed by atoms with E-state index in [1.54, 1.807) is 24.3 Å². The Hall–Kier alpha value is -2.97. The fourth-order valence-electron chi connectivity index (χ4n) is 3.92. The molecule has 1 heterocycles. The molecule has 1 saturated heterocycles. The summed E-state index contributed by atoms with van der Waals surface area (Å²) in [4.78, 5) is 1.90. The van der Waals surface area contributed by atoms with Crippen molar-refractivity contribution in [3.8, 4) is 0 Å². The lowest BCUT2D eigenvalue weighted by Crippen LogP contribution is -2.43. The van der Waals surface area contributed by atoms with Gasteiger partial charge < -0.3 is 0 Å². The van der Waals surface area contributed by atoms with Crippen LogP contribution >= 0.6 is 0 Å². The summed E-state index contributed by atoms with van der Waals surface area (Å²) in [6, 6.07) is 14.1. The first-order valence-electron chi connectivity index (χ1n) is 9.81. The number of hydrogen-bond acceptors (Lipinski definition) is 3. The van der Waals surface area contributed by atoms with Gasteiger partial charge in [-0.1, -0.05) is 24.3 Å². The molecule has 3 aromatic carbocycles. The minimum Gasteiger partial charge on any atom is -0.284 e. The zero-order valence-electron chi connectivity index (χ0n) is 16.8. The van der Waals surface area contributed by atoms with Gasteiger partial charge in [-0.3, -0.25) is 4.90 Å². The summed E-state index contributed by atoms with van der Waals surface area (Å²) in [5.74, 6) is -3.06. The van der Waals surface area contributed by atoms with Gasteiger partial charge in [-0.15, -0.1) is 0 Å². The van der Waals surface area contributed by atoms with Gasteiger partial charge in [0.25, 0.3) is 0 Å². The van der Waals surface area contributed by atoms with Gasteiger partial charge in [0.1, 0.15) is 23.3 Å². The molecule has 166 valence electrons. The monoisotopic (exact) mass is 461 g/mol. The van der Waals surface area contributed by atoms with Crippen molar-refractivity contribution in [3.63, 3.8) is 0 Å². The molecule has 4 rings (SSSR count). The molecule has 0 bridgehead atoms. The third kappa shape index (κ3) is 5.26. The number of halogens is 4. The van der Waals surface area contributed by atoms with Gasteiger partial charge in [0.05, 0.1) is 11.8 Å². The Bertz CT molecular complexity index is 1220. The molecule has 0 radical (unpaired) electrons. The van der Waals surface area contributed by atoms with E-state index < -0.39 is 44.9 Å². The van der Waals surface area contributed by atoms with Crippen molar-refractivity contribution >= 4 is 9.84 Å². The van der Waals surface area contributed by atoms with Crippen molar-refractivity contribution in [3.05, 3.63) is 118 Å². The van der Waals surface area contributed by atoms with E-state index in [-0.39, 0.29) is 18.7 Å². The summed E-state index contributed by atoms with van der Waals surface area (Å²) in [6.45, 7) is 0.545. The van der Waals surface area contributed by atoms with E-state index in [4.69, 9.17) is 0 Å². The Kier molecular flexibility index (Phi) is 6.17. The Morgan fingerprint density at radius 3 is 1.81 bits per heavy atom. The predicted octanol–water partition coefficient (Wildman–Crippen LogP) is 5.15. The second kappa shape index (κ2) is 8.88. The Balaban J connectivity index is 1.55. The number of hydrogen-bond donors (Lipinski definition) is 0. The van der Waals surface area contributed by atoms with Crippen LogP contribution in [0, 0.1) is 23.3 Å². The van der Waals surface area contributed by atoms with Crippen LogP contribution in [0.1, 0.15) is 22.7 Å². The number of benzene rings is 3. The van der Waals surface area contributed by atoms with Crippen molar-refractivity contribution in [2.45, 2.75) is 11.8 Å². The molecule has 0 aliphatic carbocycles. The first-order chi connectivity index (χ1) is 15.2. The molecule has 1 aliphatic heterocycles. The third-order valence-electron chi connectivity index (χ3n) is 5.14. The largest absolute Gasteiger partial charge is 0.284 e. The van der Waals surface area contributed by atoms with Gasteiger partial charge in [0.15, 0.2) is 9.84 Å². The number of sulfone groups is 1. The van der Waals surface area contributed by atoms with E-state index in [2.05, 4.69) is 0 Å². The van der Waals surface area contributed by atoms with Crippen molar-refractivity contribution in [1.29, 1.82) is 0 Å². The summed E-state index contributed by atoms with van der Waals surface area (Å²) in [7, 11) is -3.76. The highest BCUT2D eigenvalue weighted by molar-refractivity contribution is 7.93. The normalized spacial score (nSPS) is 14.5. The lowest BCUT2D eigenvalue weighted by Gasteiger charge is -2.41. The van der Waals surface area contributed by atoms with Crippen LogP contribution in [0.5, 0.6) is 0 Å². The molecule has 0 saturated carbocycles. The molecule has 8 heteroatoms. The van der Waals surface area contributed by atoms with Gasteiger partial charge in [-0.05, 0) is 58.7 Å². The molecule has 3 nitrogen and oxygen atoms in total. The van der Waals surface area contributed by atoms with E-state index in [0.717, 1.165) is 17.5 Å². The molecule has 32 heavy (non-hydrogen) atoms. The van der Waals surface area contributed by atoms with Crippen LogP contribution in [-0.4, -0.2) is 26.4 Å². The molecular formula is C24H19F4NO2S. The quantitative estimate of drug-likeness (QED) is 0.477. The fourth-order valence-corrected chi connectivity index (χ4v) is 5.29. The lowest BCUT2D eigenvalue weighted by molar-refractivity contribution is 0.201. The topological polar surface area (TPSA) is 37.4 Å². The van der Waals surface area contributed by atoms with E-state index in [0.29, 0.717) is 22.8 Å². The van der Waals surface area contributed by atoms with Crippen LogP contribution in [0.15, 0.2) is 77.7 Å². The second-order valence-electron chi connectivity index (χ2n) is 7.78. The molecule has 0 spiro atoms. The molecule has 0 unspecified atom stereocenters. The Morgan fingerprint density at radius 1 is 0.781 bits per heavy atom. The summed E-state index contributed by atoms with van der Waals surface area (Å²) in [5.41, 5.74) is 1.85. The highest BCUT2D eigenvalue weighted by atomic mass is 32.2. The second-order valence-corrected chi connectivity index (χ2v) is 9.63. The minimum absolute atomic E-state index is 0.0212. The lowest BCUT2D eigenvalue weighted by atomic mass is 9.93. The highest BCUT2D eigenvalue weighted by Crippen LogP contribution is 2.35. The van der Waals surface area contributed by atoms with Crippen LogP contribution in [0.25, 0.3) is 0 Å². The average molecular weight is 461 g/mol. The van der Waals surface area contributed by atoms with Crippen LogP contribution in [0.3, 0.4) is 0 Å². The zero-order chi connectivity index (χ0) is 22.9. The molecule has 1 aliphatic rings. The molecule has 1 fully saturated rings. The molecule has 0 aromatic heterocycles. The molecule has 0 N–H and O–H groups in total. The van der Waals surface area contributed by atoms with E-state index in [9.17, 15) is 26.0 Å². The van der Waals surface area contributed by atoms with Crippen molar-refractivity contribution in [2.24, 2.45) is 0 Å². The van der Waals surface area contributed by atoms with Gasteiger partial charge >= 0.3 is 0 Å². The van der Waals surface area contributed by atoms with Gasteiger partial charge in [-0.25, -0.2) is 26.0 Å². The molecular weight excluding hydrogens is 442 g/mol. The minimum atomic E-state index is -3.76. The first kappa shape index (κ1) is 22.2. The summed E-state index contributed by atoms with van der Waals surface area (Å²) >= 11 is 0. The fraction of sp³-hybridized carbons (Fsp3) is 0.167. The smallest absolute Gasteiger partial charge is 0.175 e. The summed E-state index contributed by atoms with van der Waals surface area (Å²) in [5, 5.41) is 1.11. The molecule has 0 amide bonds. The van der Waals surface area contributed by atoms with Crippen LogP contribution in [0.2, 0.25) is 0 Å². The van der Waals surface area contributed by atoms with Crippen LogP contribution in [0.4, 0.5) is 17.6 Å². The SMILES string of the molecule is O=S(=O)(C=C1CN(C(c2cccc(F)c2)c2cccc(F)c2)C1)Cc1cc(F)cc(F)c1. The number of rotatable bonds is 6. The number of nitrogens with zero attached hydrogens (tertiary/aromatic N) is 1. The van der Waals surface area contributed by atoms with Crippen molar-refractivity contribution in [2.75, 3.05) is 13.1 Å². The van der Waals surface area contributed by atoms with Crippen LogP contribution < -0.4 is 0 Å². The standard InChI is InChI=1S/C24H19F4NO2S/c25-20-5-1-3-18(9-20)24(19-4-2-6-21(26)10-19)29-12-17(13-29)15-32(30,31)14-16-7-22(27)11-23(28)8-16/h1-11,15,24H,12-14H2. The maximum absolute atomic E-state index is 13.8. The van der Waals surface area contributed by atoms with E-state index >= 15 is 0 Å². The maximum Gasteiger partial charge on any atom is 0.175 e. The van der Waals surface area contributed by atoms with Gasteiger partial charge in [-0.2, -0.15) is 0 Å². The summed E-state index contributed by atoms with van der Waals surface area (Å²) in [6.07, 6.45) is 0. The molecule has 3 aromatic rings. The Labute approximate surface area is 183 Å². The van der Waals surface area contributed by atoms with E-state index in [1.807, 2.05) is 4.90 Å². The van der Waals surface area contributed by atoms with Crippen LogP contribution in [-0.2, 0) is 15.6 Å². The van der Waals surface area contributed by atoms with Crippen molar-refractivity contribution in [1.82, 2.24) is 4.90 Å². The maximum atomic E-state index is 13.8. The number of likely N-dealkylation sites (tertiary alicyclic amines) is 1. The van der Waals surface area contributed by atoms with Gasteiger partial charge in [0.2, 0.25) is 0 Å². The zero-order valence-corrected chi connectivity index (χ0v) is 17.6. The molecule has 0 atom stereocenters. The first-order valence-corrected chi connectivity index (χ1v) is 11.5. The third-order valence-corrected chi connectivity index (χ3v) is 6.57. The summed E-state index contributed by atoms with van der Waals surface area (Å²) < 4.78 is 79.4. The predicted molar refractivity (Wildman–Crippen MR) is 113 cm³/mol. The Morgan fingerprint density at radius 2 is 1.31 bits per heavy atom. The van der Waals surface area contributed by atoms with Crippen molar-refractivity contribution < 1.29 is 26.0 Å².